The molecule has 0 heterocycles. The molecular formula is KN3O3S. The van der Waals surface area contributed by atoms with Crippen molar-refractivity contribution in [3.8, 4) is 0 Å². The molecule has 0 saturated heterocycles. The van der Waals surface area contributed by atoms with Gasteiger partial charge >= 0.3 is 51.4 Å². The first kappa shape index (κ1) is 11.6. The Morgan fingerprint density at radius 2 is 2.00 bits per heavy atom. The molecule has 8 heteroatoms. The van der Waals surface area contributed by atoms with Gasteiger partial charge in [0.1, 0.15) is 0 Å². The van der Waals surface area contributed by atoms with Crippen molar-refractivity contribution in [3.63, 3.8) is 0 Å². The van der Waals surface area contributed by atoms with E-state index in [2.05, 4.69) is 0 Å². The predicted octanol–water partition coefficient (Wildman–Crippen LogP) is -3.24. The minimum absolute atomic E-state index is 0. The molecule has 0 spiro atoms. The maximum Gasteiger partial charge on any atom is 1.00 e. The van der Waals surface area contributed by atoms with E-state index in [1.165, 1.54) is 0 Å². The van der Waals surface area contributed by atoms with Gasteiger partial charge in [-0.25, -0.2) is 8.42 Å². The van der Waals surface area contributed by atoms with Gasteiger partial charge in [-0.1, -0.05) is 0 Å². The van der Waals surface area contributed by atoms with Crippen molar-refractivity contribution in [1.82, 2.24) is 0 Å². The summed E-state index contributed by atoms with van der Waals surface area (Å²) in [5, 5.41) is 0. The fraction of sp³-hybridized carbons (Fsp3) is 0. The Balaban J connectivity index is 0. The van der Waals surface area contributed by atoms with Gasteiger partial charge in [-0.2, -0.15) is 0 Å². The van der Waals surface area contributed by atoms with Crippen LogP contribution in [0.3, 0.4) is 0 Å². The summed E-state index contributed by atoms with van der Waals surface area (Å²) in [6.45, 7) is 0. The summed E-state index contributed by atoms with van der Waals surface area (Å²) in [7, 11) is -4.72. The molecule has 40 valence electrons. The zero-order valence-corrected chi connectivity index (χ0v) is 7.91. The van der Waals surface area contributed by atoms with Crippen LogP contribution in [0.2, 0.25) is 0 Å². The van der Waals surface area contributed by atoms with Crippen molar-refractivity contribution in [2.45, 2.75) is 0 Å². The van der Waals surface area contributed by atoms with Crippen LogP contribution in [-0.2, 0) is 10.3 Å². The topological polar surface area (TPSA) is 106 Å². The Kier molecular flexibility index (Phi) is 6.84. The van der Waals surface area contributed by atoms with Crippen molar-refractivity contribution in [3.05, 3.63) is 10.4 Å². The van der Waals surface area contributed by atoms with Crippen LogP contribution in [0.5, 0.6) is 0 Å². The average molecular weight is 161 g/mol. The first-order chi connectivity index (χ1) is 3.06. The third kappa shape index (κ3) is 9.97. The minimum atomic E-state index is -4.72. The van der Waals surface area contributed by atoms with Gasteiger partial charge in [-0.15, -0.1) is 0 Å². The Hall–Kier alpha value is 0.856. The van der Waals surface area contributed by atoms with Gasteiger partial charge < -0.3 is 4.55 Å². The van der Waals surface area contributed by atoms with E-state index < -0.39 is 10.3 Å². The number of nitrogens with zero attached hydrogens (tertiary/aromatic N) is 3. The van der Waals surface area contributed by atoms with E-state index in [1.807, 2.05) is 4.52 Å². The summed E-state index contributed by atoms with van der Waals surface area (Å²) < 4.78 is 29.6. The molecule has 0 bridgehead atoms. The van der Waals surface area contributed by atoms with E-state index in [4.69, 9.17) is 5.53 Å². The summed E-state index contributed by atoms with van der Waals surface area (Å²) >= 11 is 0. The van der Waals surface area contributed by atoms with Gasteiger partial charge in [0.05, 0.1) is 0 Å². The summed E-state index contributed by atoms with van der Waals surface area (Å²) in [6.07, 6.45) is 0. The average Bonchev–Trinajstić information content (AvgIpc) is 1.30. The van der Waals surface area contributed by atoms with Crippen molar-refractivity contribution in [2.24, 2.45) is 4.52 Å². The van der Waals surface area contributed by atoms with Gasteiger partial charge in [-0.05, 0) is 5.53 Å². The number of azide groups is 1. The van der Waals surface area contributed by atoms with E-state index in [0.29, 0.717) is 0 Å². The second kappa shape index (κ2) is 4.71. The van der Waals surface area contributed by atoms with E-state index in [9.17, 15) is 13.0 Å². The summed E-state index contributed by atoms with van der Waals surface area (Å²) in [6, 6.07) is 0. The summed E-state index contributed by atoms with van der Waals surface area (Å²) in [5.74, 6) is 0. The van der Waals surface area contributed by atoms with Crippen LogP contribution >= 0.6 is 0 Å². The molecule has 0 aromatic heterocycles. The minimum Gasteiger partial charge on any atom is -0.742 e. The third-order valence-corrected chi connectivity index (χ3v) is 0.410. The normalized spacial score (nSPS) is 8.62. The second-order valence-electron chi connectivity index (χ2n) is 0.599. The molecule has 0 aromatic carbocycles. The Morgan fingerprint density at radius 1 is 1.62 bits per heavy atom. The van der Waals surface area contributed by atoms with E-state index in [1.54, 1.807) is 4.91 Å². The first-order valence-corrected chi connectivity index (χ1v) is 2.45. The molecule has 0 aliphatic carbocycles. The predicted molar refractivity (Wildman–Crippen MR) is 18.8 cm³/mol. The van der Waals surface area contributed by atoms with Crippen LogP contribution in [0.25, 0.3) is 10.4 Å². The van der Waals surface area contributed by atoms with Crippen LogP contribution in [-0.4, -0.2) is 13.0 Å². The Labute approximate surface area is 88.2 Å². The molecule has 0 radical (unpaired) electrons. The molecule has 0 fully saturated rings. The van der Waals surface area contributed by atoms with Crippen LogP contribution in [0, 0.1) is 0 Å². The van der Waals surface area contributed by atoms with Crippen LogP contribution in [0.4, 0.5) is 0 Å². The number of rotatable bonds is 1. The fourth-order valence-corrected chi connectivity index (χ4v) is 0.134. The zero-order valence-electron chi connectivity index (χ0n) is 3.97. The molecule has 0 aliphatic rings. The SMILES string of the molecule is [K+].[N-]=[N+]=NS(=O)(=O)[O-]. The van der Waals surface area contributed by atoms with Gasteiger partial charge in [-0.3, -0.25) is 0 Å². The van der Waals surface area contributed by atoms with Crippen LogP contribution < -0.4 is 51.4 Å². The first-order valence-electron chi connectivity index (χ1n) is 1.08. The smallest absolute Gasteiger partial charge is 0.742 e. The molecule has 6 nitrogen and oxygen atoms in total. The fourth-order valence-electron chi connectivity index (χ4n) is 0.0447. The maximum absolute atomic E-state index is 9.26. The second-order valence-corrected chi connectivity index (χ2v) is 1.62. The standard InChI is InChI=1S/K.HN3O3S/c;1-2-3-7(4,5)6/h;(H,4,5,6)/q+1;/p-1. The molecule has 0 atom stereocenters. The molecule has 0 unspecified atom stereocenters. The van der Waals surface area contributed by atoms with E-state index in [0.717, 1.165) is 0 Å². The summed E-state index contributed by atoms with van der Waals surface area (Å²) in [4.78, 5) is 1.73. The van der Waals surface area contributed by atoms with Crippen molar-refractivity contribution in [2.75, 3.05) is 0 Å². The third-order valence-electron chi connectivity index (χ3n) is 0.137. The zero-order chi connectivity index (χ0) is 5.91. The van der Waals surface area contributed by atoms with Crippen molar-refractivity contribution < 1.29 is 64.4 Å². The summed E-state index contributed by atoms with van der Waals surface area (Å²) in [5.41, 5.74) is 7.28. The molecular weight excluding hydrogens is 161 g/mol. The van der Waals surface area contributed by atoms with Gasteiger partial charge in [0.15, 0.2) is 10.3 Å². The van der Waals surface area contributed by atoms with E-state index >= 15 is 0 Å². The quantitative estimate of drug-likeness (QED) is 0.133. The maximum atomic E-state index is 9.26. The van der Waals surface area contributed by atoms with E-state index in [-0.39, 0.29) is 51.4 Å². The molecule has 0 amide bonds. The molecule has 8 heavy (non-hydrogen) atoms. The molecule has 0 saturated carbocycles. The molecule has 0 aromatic rings. The molecule has 0 aliphatic heterocycles. The Bertz CT molecular complexity index is 187. The van der Waals surface area contributed by atoms with Gasteiger partial charge in [0.2, 0.25) is 0 Å². The van der Waals surface area contributed by atoms with Crippen LogP contribution in [0.1, 0.15) is 0 Å². The monoisotopic (exact) mass is 161 g/mol. The van der Waals surface area contributed by atoms with Gasteiger partial charge in [0.25, 0.3) is 0 Å². The van der Waals surface area contributed by atoms with Crippen molar-refractivity contribution in [1.29, 1.82) is 0 Å². The molecule has 0 N–H and O–H groups in total. The Morgan fingerprint density at radius 3 is 2.00 bits per heavy atom. The van der Waals surface area contributed by atoms with Gasteiger partial charge in [0, 0.05) is 9.43 Å². The number of hydrogen-bond donors (Lipinski definition) is 0. The molecule has 0 rings (SSSR count). The number of hydrogen-bond acceptors (Lipinski definition) is 3. The van der Waals surface area contributed by atoms with Crippen molar-refractivity contribution >= 4 is 10.3 Å². The van der Waals surface area contributed by atoms with Crippen LogP contribution in [0.15, 0.2) is 4.52 Å². The largest absolute Gasteiger partial charge is 1.00 e.